The van der Waals surface area contributed by atoms with Gasteiger partial charge in [-0.3, -0.25) is 15.1 Å². The van der Waals surface area contributed by atoms with Crippen molar-refractivity contribution in [2.75, 3.05) is 17.3 Å². The van der Waals surface area contributed by atoms with Crippen LogP contribution in [0.3, 0.4) is 0 Å². The summed E-state index contributed by atoms with van der Waals surface area (Å²) in [6, 6.07) is 15.3. The van der Waals surface area contributed by atoms with Crippen molar-refractivity contribution < 1.29 is 4.92 Å². The van der Waals surface area contributed by atoms with Gasteiger partial charge in [-0.05, 0) is 54.1 Å². The van der Waals surface area contributed by atoms with E-state index < -0.39 is 0 Å². The molecule has 33 heavy (non-hydrogen) atoms. The summed E-state index contributed by atoms with van der Waals surface area (Å²) < 4.78 is 0. The van der Waals surface area contributed by atoms with E-state index in [1.54, 1.807) is 24.3 Å². The third-order valence-electron chi connectivity index (χ3n) is 6.11. The van der Waals surface area contributed by atoms with Crippen molar-refractivity contribution in [2.45, 2.75) is 82.4 Å². The van der Waals surface area contributed by atoms with Crippen molar-refractivity contribution >= 4 is 28.8 Å². The van der Waals surface area contributed by atoms with Gasteiger partial charge in [0.1, 0.15) is 0 Å². The zero-order chi connectivity index (χ0) is 23.3. The molecule has 0 bridgehead atoms. The van der Waals surface area contributed by atoms with Crippen LogP contribution in [0.2, 0.25) is 0 Å². The first-order valence-corrected chi connectivity index (χ1v) is 13.5. The van der Waals surface area contributed by atoms with Crippen LogP contribution in [0.1, 0.15) is 83.1 Å². The second-order valence-corrected chi connectivity index (χ2v) is 9.92. The molecule has 0 saturated heterocycles. The first-order valence-electron chi connectivity index (χ1n) is 12.5. The molecule has 0 aliphatic carbocycles. The zero-order valence-corrected chi connectivity index (χ0v) is 20.7. The summed E-state index contributed by atoms with van der Waals surface area (Å²) in [6.45, 7) is 3.10. The van der Waals surface area contributed by atoms with Crippen LogP contribution in [-0.4, -0.2) is 22.9 Å². The van der Waals surface area contributed by atoms with Crippen LogP contribution in [-0.2, 0) is 0 Å². The average molecular weight is 468 g/mol. The van der Waals surface area contributed by atoms with Gasteiger partial charge >= 0.3 is 0 Å². The molecule has 0 unspecified atom stereocenters. The lowest BCUT2D eigenvalue weighted by Crippen LogP contribution is -2.11. The first kappa shape index (κ1) is 25.3. The Balaban J connectivity index is 1.34. The van der Waals surface area contributed by atoms with E-state index in [0.717, 1.165) is 29.9 Å². The molecule has 0 saturated carbocycles. The van der Waals surface area contributed by atoms with Gasteiger partial charge in [0.05, 0.1) is 16.3 Å². The van der Waals surface area contributed by atoms with Crippen LogP contribution in [0.4, 0.5) is 11.4 Å². The van der Waals surface area contributed by atoms with Crippen molar-refractivity contribution in [3.8, 4) is 0 Å². The number of nitro benzene ring substituents is 1. The van der Waals surface area contributed by atoms with E-state index in [9.17, 15) is 10.1 Å². The molecule has 2 aromatic carbocycles. The van der Waals surface area contributed by atoms with Gasteiger partial charge in [-0.1, -0.05) is 64.7 Å². The number of hydrogen-bond donors (Lipinski definition) is 0. The Kier molecular flexibility index (Phi) is 10.8. The smallest absolute Gasteiger partial charge is 0.265 e. The van der Waals surface area contributed by atoms with Gasteiger partial charge in [-0.25, -0.2) is 0 Å². The highest BCUT2D eigenvalue weighted by molar-refractivity contribution is 7.99. The van der Waals surface area contributed by atoms with Gasteiger partial charge in [-0.15, -0.1) is 11.8 Å². The Labute approximate surface area is 202 Å². The molecule has 1 aliphatic heterocycles. The van der Waals surface area contributed by atoms with Gasteiger partial charge in [0.15, 0.2) is 0 Å². The Morgan fingerprint density at radius 3 is 2.09 bits per heavy atom. The van der Waals surface area contributed by atoms with Gasteiger partial charge in [0.25, 0.3) is 5.69 Å². The molecule has 0 fully saturated rings. The van der Waals surface area contributed by atoms with Crippen LogP contribution in [0.25, 0.3) is 0 Å². The summed E-state index contributed by atoms with van der Waals surface area (Å²) in [7, 11) is 0. The number of benzene rings is 2. The number of hydrogen-bond acceptors (Lipinski definition) is 5. The summed E-state index contributed by atoms with van der Waals surface area (Å²) in [6.07, 6.45) is 14.6. The molecule has 178 valence electrons. The van der Waals surface area contributed by atoms with E-state index in [1.165, 1.54) is 74.9 Å². The summed E-state index contributed by atoms with van der Waals surface area (Å²) >= 11 is 1.94. The molecule has 6 heteroatoms. The van der Waals surface area contributed by atoms with Crippen LogP contribution in [0, 0.1) is 10.1 Å². The van der Waals surface area contributed by atoms with E-state index in [1.807, 2.05) is 16.8 Å². The third kappa shape index (κ3) is 8.50. The molecule has 1 heterocycles. The highest BCUT2D eigenvalue weighted by Gasteiger charge is 2.18. The van der Waals surface area contributed by atoms with E-state index in [2.05, 4.69) is 31.2 Å². The second kappa shape index (κ2) is 14.0. The molecule has 0 spiro atoms. The predicted molar refractivity (Wildman–Crippen MR) is 141 cm³/mol. The van der Waals surface area contributed by atoms with Crippen molar-refractivity contribution in [2.24, 2.45) is 5.10 Å². The van der Waals surface area contributed by atoms with Crippen molar-refractivity contribution in [1.82, 2.24) is 0 Å². The molecular weight excluding hydrogens is 430 g/mol. The molecule has 0 atom stereocenters. The van der Waals surface area contributed by atoms with Crippen LogP contribution < -0.4 is 5.01 Å². The summed E-state index contributed by atoms with van der Waals surface area (Å²) in [4.78, 5) is 11.8. The standard InChI is InChI=1S/C27H37N3O2S/c1-2-3-4-5-6-7-8-9-10-11-22-33-26-18-16-24(17-19-26)29-21-20-27(28-29)23-12-14-25(15-13-23)30(31)32/h12-19H,2-11,20-22H2,1H3. The minimum absolute atomic E-state index is 0.111. The number of nitrogens with zero attached hydrogens (tertiary/aromatic N) is 3. The Morgan fingerprint density at radius 1 is 0.879 bits per heavy atom. The number of nitro groups is 1. The fourth-order valence-corrected chi connectivity index (χ4v) is 5.03. The molecule has 2 aromatic rings. The number of hydrazone groups is 1. The number of anilines is 1. The maximum absolute atomic E-state index is 10.8. The number of unbranched alkanes of at least 4 members (excludes halogenated alkanes) is 9. The van der Waals surface area contributed by atoms with Crippen molar-refractivity contribution in [1.29, 1.82) is 0 Å². The van der Waals surface area contributed by atoms with E-state index in [0.29, 0.717) is 0 Å². The molecule has 0 N–H and O–H groups in total. The Morgan fingerprint density at radius 2 is 1.48 bits per heavy atom. The van der Waals surface area contributed by atoms with Gasteiger partial charge in [-0.2, -0.15) is 5.10 Å². The lowest BCUT2D eigenvalue weighted by Gasteiger charge is -2.13. The highest BCUT2D eigenvalue weighted by Crippen LogP contribution is 2.27. The normalized spacial score (nSPS) is 13.4. The second-order valence-electron chi connectivity index (χ2n) is 8.75. The van der Waals surface area contributed by atoms with Crippen LogP contribution >= 0.6 is 11.8 Å². The maximum atomic E-state index is 10.8. The number of rotatable bonds is 15. The SMILES string of the molecule is CCCCCCCCCCCCSc1ccc(N2CCC(c3ccc([N+](=O)[O-])cc3)=N2)cc1. The van der Waals surface area contributed by atoms with Gasteiger partial charge in [0, 0.05) is 30.0 Å². The molecule has 1 aliphatic rings. The number of non-ortho nitro benzene ring substituents is 1. The minimum Gasteiger partial charge on any atom is -0.265 e. The summed E-state index contributed by atoms with van der Waals surface area (Å²) in [5.41, 5.74) is 3.13. The lowest BCUT2D eigenvalue weighted by atomic mass is 10.1. The fraction of sp³-hybridized carbons (Fsp3) is 0.519. The van der Waals surface area contributed by atoms with Crippen LogP contribution in [0.15, 0.2) is 58.5 Å². The lowest BCUT2D eigenvalue weighted by molar-refractivity contribution is -0.384. The molecule has 0 amide bonds. The topological polar surface area (TPSA) is 58.7 Å². The molecule has 0 aromatic heterocycles. The van der Waals surface area contributed by atoms with Crippen molar-refractivity contribution in [3.63, 3.8) is 0 Å². The van der Waals surface area contributed by atoms with E-state index in [-0.39, 0.29) is 10.6 Å². The molecular formula is C27H37N3O2S. The number of thioether (sulfide) groups is 1. The minimum atomic E-state index is -0.372. The quantitative estimate of drug-likeness (QED) is 0.115. The zero-order valence-electron chi connectivity index (χ0n) is 19.9. The monoisotopic (exact) mass is 467 g/mol. The maximum Gasteiger partial charge on any atom is 0.269 e. The van der Waals surface area contributed by atoms with E-state index >= 15 is 0 Å². The summed E-state index contributed by atoms with van der Waals surface area (Å²) in [5, 5.41) is 17.6. The molecule has 5 nitrogen and oxygen atoms in total. The fourth-order valence-electron chi connectivity index (χ4n) is 4.12. The Bertz CT molecular complexity index is 881. The predicted octanol–water partition coefficient (Wildman–Crippen LogP) is 8.22. The summed E-state index contributed by atoms with van der Waals surface area (Å²) in [5.74, 6) is 1.18. The van der Waals surface area contributed by atoms with Crippen LogP contribution in [0.5, 0.6) is 0 Å². The largest absolute Gasteiger partial charge is 0.269 e. The van der Waals surface area contributed by atoms with Gasteiger partial charge in [0.2, 0.25) is 0 Å². The van der Waals surface area contributed by atoms with Gasteiger partial charge < -0.3 is 0 Å². The molecule has 3 rings (SSSR count). The molecule has 0 radical (unpaired) electrons. The van der Waals surface area contributed by atoms with E-state index in [4.69, 9.17) is 5.10 Å². The third-order valence-corrected chi connectivity index (χ3v) is 7.21. The first-order chi connectivity index (χ1) is 16.2. The average Bonchev–Trinajstić information content (AvgIpc) is 3.33. The van der Waals surface area contributed by atoms with Crippen molar-refractivity contribution in [3.05, 3.63) is 64.2 Å². The highest BCUT2D eigenvalue weighted by atomic mass is 32.2. The Hall–Kier alpha value is -2.34.